The van der Waals surface area contributed by atoms with Gasteiger partial charge < -0.3 is 25.0 Å². The molecule has 256 valence electrons. The van der Waals surface area contributed by atoms with Crippen molar-refractivity contribution in [3.8, 4) is 5.75 Å². The van der Waals surface area contributed by atoms with Gasteiger partial charge in [-0.2, -0.15) is 0 Å². The molecule has 1 unspecified atom stereocenters. The summed E-state index contributed by atoms with van der Waals surface area (Å²) < 4.78 is 5.40. The number of carbonyl (C=O) groups is 1. The van der Waals surface area contributed by atoms with Gasteiger partial charge in [-0.3, -0.25) is 4.79 Å². The number of Topliss-reactive ketones (excluding diaryl/α,β-unsaturated/α-hetero) is 1. The van der Waals surface area contributed by atoms with E-state index in [0.717, 1.165) is 49.0 Å². The van der Waals surface area contributed by atoms with Gasteiger partial charge in [-0.05, 0) is 117 Å². The van der Waals surface area contributed by atoms with Gasteiger partial charge in [0.2, 0.25) is 0 Å². The van der Waals surface area contributed by atoms with Gasteiger partial charge in [0.25, 0.3) is 0 Å². The number of ketones is 1. The maximum atomic E-state index is 14.8. The lowest BCUT2D eigenvalue weighted by Crippen LogP contribution is -2.67. The smallest absolute Gasteiger partial charge is 0.189 e. The maximum absolute atomic E-state index is 14.8. The van der Waals surface area contributed by atoms with Gasteiger partial charge in [0.15, 0.2) is 5.78 Å². The summed E-state index contributed by atoms with van der Waals surface area (Å²) in [5.74, 6) is 1.15. The van der Waals surface area contributed by atoms with Crippen molar-refractivity contribution in [2.24, 2.45) is 33.5 Å². The molecule has 9 rings (SSSR count). The molecule has 6 nitrogen and oxygen atoms in total. The van der Waals surface area contributed by atoms with E-state index >= 15 is 0 Å². The maximum Gasteiger partial charge on any atom is 0.189 e. The lowest BCUT2D eigenvalue weighted by atomic mass is 9.32. The predicted octanol–water partition coefficient (Wildman–Crippen LogP) is 7.11. The van der Waals surface area contributed by atoms with Crippen molar-refractivity contribution in [2.75, 3.05) is 26.7 Å². The number of hydrogen-bond acceptors (Lipinski definition) is 6. The monoisotopic (exact) mass is 671 g/mol. The normalized spacial score (nSPS) is 41.2. The number of halogens is 1. The van der Waals surface area contributed by atoms with E-state index in [9.17, 15) is 20.1 Å². The van der Waals surface area contributed by atoms with Crippen molar-refractivity contribution >= 4 is 17.4 Å². The second-order valence-electron chi connectivity index (χ2n) is 16.7. The Balaban J connectivity index is 1.13. The molecule has 2 bridgehead atoms. The number of rotatable bonds is 6. The molecule has 2 aromatic carbocycles. The molecule has 3 N–H and O–H groups in total. The minimum Gasteiger partial charge on any atom is -0.497 e. The number of likely N-dealkylation sites (tertiary alicyclic amines) is 1. The number of hydrogen-bond donors (Lipinski definition) is 3. The van der Waals surface area contributed by atoms with E-state index in [4.69, 9.17) is 16.3 Å². The highest BCUT2D eigenvalue weighted by atomic mass is 35.5. The summed E-state index contributed by atoms with van der Waals surface area (Å²) in [6.45, 7) is 6.71. The topological polar surface area (TPSA) is 90.2 Å². The molecule has 0 aromatic heterocycles. The van der Waals surface area contributed by atoms with E-state index in [-0.39, 0.29) is 40.0 Å². The highest BCUT2D eigenvalue weighted by Crippen LogP contribution is 2.78. The van der Waals surface area contributed by atoms with Gasteiger partial charge in [0, 0.05) is 52.0 Å². The number of fused-ring (bicyclic) bond motifs is 1. The van der Waals surface area contributed by atoms with Crippen LogP contribution in [0.2, 0.25) is 5.02 Å². The SMILES string of the molecule is COc1ccc(C(=O)C2=C[C@@]34C=C[C@@]25[C@@H]2CC[C@@](O)(CN6CCC(O)(c7ccc(Cl)cc7)CC6)[C@@]2(C)CC[C@@H]5[C@@]3(C)CCC(O)C4)cc1. The van der Waals surface area contributed by atoms with Gasteiger partial charge in [-0.1, -0.05) is 55.8 Å². The zero-order valence-corrected chi connectivity index (χ0v) is 29.3. The number of aliphatic hydroxyl groups excluding tert-OH is 1. The quantitative estimate of drug-likeness (QED) is 0.224. The number of allylic oxidation sites excluding steroid dienone is 4. The summed E-state index contributed by atoms with van der Waals surface area (Å²) in [4.78, 5) is 17.1. The van der Waals surface area contributed by atoms with Crippen LogP contribution in [0.5, 0.6) is 5.75 Å². The van der Waals surface area contributed by atoms with E-state index in [1.807, 2.05) is 48.5 Å². The van der Waals surface area contributed by atoms with Gasteiger partial charge >= 0.3 is 0 Å². The number of benzene rings is 2. The summed E-state index contributed by atoms with van der Waals surface area (Å²) in [5.41, 5.74) is -0.664. The number of methoxy groups -OCH3 is 1. The van der Waals surface area contributed by atoms with Crippen LogP contribution in [-0.4, -0.2) is 64.5 Å². The Morgan fingerprint density at radius 2 is 1.52 bits per heavy atom. The van der Waals surface area contributed by atoms with Crippen LogP contribution < -0.4 is 4.74 Å². The summed E-state index contributed by atoms with van der Waals surface area (Å²) in [6, 6.07) is 15.0. The molecule has 2 aromatic rings. The van der Waals surface area contributed by atoms with E-state index < -0.39 is 16.6 Å². The molecule has 1 saturated heterocycles. The van der Waals surface area contributed by atoms with E-state index in [1.54, 1.807) is 7.11 Å². The van der Waals surface area contributed by atoms with Crippen LogP contribution in [0.15, 0.2) is 72.3 Å². The third-order valence-electron chi connectivity index (χ3n) is 14.9. The number of aliphatic hydroxyl groups is 3. The zero-order chi connectivity index (χ0) is 33.7. The summed E-state index contributed by atoms with van der Waals surface area (Å²) in [6.07, 6.45) is 13.6. The van der Waals surface area contributed by atoms with Crippen molar-refractivity contribution < 1.29 is 24.9 Å². The molecule has 1 heterocycles. The summed E-state index contributed by atoms with van der Waals surface area (Å²) >= 11 is 6.12. The number of carbonyl (C=O) groups excluding carboxylic acids is 1. The predicted molar refractivity (Wildman–Crippen MR) is 187 cm³/mol. The largest absolute Gasteiger partial charge is 0.497 e. The number of piperidine rings is 1. The highest BCUT2D eigenvalue weighted by Gasteiger charge is 2.74. The lowest BCUT2D eigenvalue weighted by molar-refractivity contribution is -0.178. The molecule has 48 heavy (non-hydrogen) atoms. The number of β-amino-alcohol motifs (C(OH)–C–C–N with tert-alkyl or cyclic N) is 1. The second-order valence-corrected chi connectivity index (χ2v) is 17.1. The Hall–Kier alpha value is -2.48. The van der Waals surface area contributed by atoms with Crippen LogP contribution in [0.25, 0.3) is 0 Å². The third kappa shape index (κ3) is 4.41. The van der Waals surface area contributed by atoms with Crippen LogP contribution in [-0.2, 0) is 5.60 Å². The molecule has 2 spiro atoms. The zero-order valence-electron chi connectivity index (χ0n) is 28.6. The Kier molecular flexibility index (Phi) is 7.50. The van der Waals surface area contributed by atoms with Gasteiger partial charge in [0.1, 0.15) is 5.75 Å². The van der Waals surface area contributed by atoms with Gasteiger partial charge in [-0.15, -0.1) is 0 Å². The van der Waals surface area contributed by atoms with Gasteiger partial charge in [-0.25, -0.2) is 0 Å². The fourth-order valence-electron chi connectivity index (χ4n) is 12.0. The average molecular weight is 672 g/mol. The Bertz CT molecular complexity index is 1660. The molecule has 1 aliphatic heterocycles. The standard InChI is InChI=1S/C41H50ClNO5/c1-36-15-12-30(44)24-38(36)18-19-41(32(25-38)35(45)27-4-10-31(48-3)11-5-27)33(36)13-16-37(2)34(41)14-17-40(37,47)26-43-22-20-39(46,21-23-43)28-6-8-29(42)9-7-28/h4-11,18-19,25,30,33-34,44,46-47H,12-17,20-24,26H2,1-3H3/t30?,33-,34-,36-,37+,38+,40-,41-/m1/s1. The van der Waals surface area contributed by atoms with Crippen LogP contribution in [0.4, 0.5) is 0 Å². The summed E-state index contributed by atoms with van der Waals surface area (Å²) in [7, 11) is 1.63. The van der Waals surface area contributed by atoms with Crippen LogP contribution in [0.3, 0.4) is 0 Å². The van der Waals surface area contributed by atoms with E-state index in [1.165, 1.54) is 0 Å². The van der Waals surface area contributed by atoms with Crippen molar-refractivity contribution in [1.29, 1.82) is 0 Å². The first-order valence-corrected chi connectivity index (χ1v) is 18.4. The molecule has 7 heteroatoms. The van der Waals surface area contributed by atoms with Crippen molar-refractivity contribution in [3.63, 3.8) is 0 Å². The Morgan fingerprint density at radius 3 is 2.21 bits per heavy atom. The molecule has 8 atom stereocenters. The highest BCUT2D eigenvalue weighted by molar-refractivity contribution is 6.30. The van der Waals surface area contributed by atoms with Gasteiger partial charge in [0.05, 0.1) is 24.4 Å². The number of ether oxygens (including phenoxy) is 1. The first kappa shape index (κ1) is 32.7. The lowest BCUT2D eigenvalue weighted by Gasteiger charge is -2.71. The first-order valence-electron chi connectivity index (χ1n) is 18.1. The molecule has 0 amide bonds. The molecule has 0 radical (unpaired) electrons. The fourth-order valence-corrected chi connectivity index (χ4v) is 12.1. The Morgan fingerprint density at radius 1 is 0.875 bits per heavy atom. The van der Waals surface area contributed by atoms with Crippen LogP contribution >= 0.6 is 11.6 Å². The first-order chi connectivity index (χ1) is 22.8. The Labute approximate surface area is 289 Å². The van der Waals surface area contributed by atoms with E-state index in [2.05, 4.69) is 37.0 Å². The fraction of sp³-hybridized carbons (Fsp3) is 0.585. The van der Waals surface area contributed by atoms with Crippen LogP contribution in [0, 0.1) is 33.5 Å². The molecule has 6 aliphatic carbocycles. The van der Waals surface area contributed by atoms with Crippen LogP contribution in [0.1, 0.15) is 87.6 Å². The van der Waals surface area contributed by atoms with Crippen molar-refractivity contribution in [2.45, 2.75) is 88.9 Å². The van der Waals surface area contributed by atoms with Crippen molar-refractivity contribution in [3.05, 3.63) is 88.5 Å². The molecule has 7 aliphatic rings. The third-order valence-corrected chi connectivity index (χ3v) is 15.1. The molecular weight excluding hydrogens is 622 g/mol. The average Bonchev–Trinajstić information content (AvgIpc) is 3.35. The molecule has 4 fully saturated rings. The van der Waals surface area contributed by atoms with Crippen molar-refractivity contribution in [1.82, 2.24) is 4.90 Å². The number of nitrogens with zero attached hydrogens (tertiary/aromatic N) is 1. The van der Waals surface area contributed by atoms with E-state index in [0.29, 0.717) is 55.9 Å². The molecular formula is C41H50ClNO5. The summed E-state index contributed by atoms with van der Waals surface area (Å²) in [5, 5.41) is 36.0. The minimum atomic E-state index is -0.912. The minimum absolute atomic E-state index is 0.0608. The second kappa shape index (κ2) is 11.0. The molecule has 3 saturated carbocycles.